The minimum atomic E-state index is 0.107. The van der Waals surface area contributed by atoms with Crippen molar-refractivity contribution in [3.63, 3.8) is 0 Å². The number of benzene rings is 1. The van der Waals surface area contributed by atoms with E-state index < -0.39 is 0 Å². The molecule has 1 amide bonds. The molecule has 1 saturated carbocycles. The van der Waals surface area contributed by atoms with E-state index in [0.717, 1.165) is 11.5 Å². The second-order valence-corrected chi connectivity index (χ2v) is 7.68. The maximum absolute atomic E-state index is 12.5. The Hall–Kier alpha value is -1.00. The van der Waals surface area contributed by atoms with Crippen LogP contribution in [0.3, 0.4) is 0 Å². The fourth-order valence-electron chi connectivity index (χ4n) is 4.62. The van der Waals surface area contributed by atoms with Crippen molar-refractivity contribution in [1.82, 2.24) is 10.2 Å². The van der Waals surface area contributed by atoms with E-state index >= 15 is 0 Å². The molecule has 3 heterocycles. The van der Waals surface area contributed by atoms with Gasteiger partial charge in [-0.2, -0.15) is 0 Å². The van der Waals surface area contributed by atoms with Crippen LogP contribution in [0.5, 0.6) is 0 Å². The highest BCUT2D eigenvalue weighted by molar-refractivity contribution is 7.98. The highest BCUT2D eigenvalue weighted by Crippen LogP contribution is 2.43. The lowest BCUT2D eigenvalue weighted by atomic mass is 9.65. The molecular formula is C17H22N2OS. The standard InChI is InChI=1S/C17H22N2OS/c1-21-15-4-2-12(3-5-15)17(20)18-16-13-6-11-7-14(16)10-19(8-11)9-13/h2-5,11,13-14,16H,6-10H2,1H3,(H,18,20)/t11?,13-,14-,16?/m0/s1. The number of nitrogens with zero attached hydrogens (tertiary/aromatic N) is 1. The van der Waals surface area contributed by atoms with Crippen LogP contribution in [-0.2, 0) is 0 Å². The van der Waals surface area contributed by atoms with Crippen LogP contribution in [0.25, 0.3) is 0 Å². The third-order valence-corrected chi connectivity index (χ3v) is 6.18. The molecule has 5 rings (SSSR count). The average Bonchev–Trinajstić information content (AvgIpc) is 2.50. The Bertz CT molecular complexity index is 514. The first-order valence-corrected chi connectivity index (χ1v) is 9.12. The van der Waals surface area contributed by atoms with Crippen LogP contribution in [0, 0.1) is 17.8 Å². The highest BCUT2D eigenvalue weighted by Gasteiger charge is 2.47. The van der Waals surface area contributed by atoms with Crippen LogP contribution in [-0.4, -0.2) is 42.7 Å². The lowest BCUT2D eigenvalue weighted by Crippen LogP contribution is -2.64. The van der Waals surface area contributed by atoms with E-state index in [-0.39, 0.29) is 5.91 Å². The summed E-state index contributed by atoms with van der Waals surface area (Å²) in [5, 5.41) is 3.34. The van der Waals surface area contributed by atoms with Crippen LogP contribution in [0.1, 0.15) is 23.2 Å². The number of amides is 1. The normalized spacial score (nSPS) is 36.7. The smallest absolute Gasteiger partial charge is 0.251 e. The van der Waals surface area contributed by atoms with Crippen molar-refractivity contribution in [3.8, 4) is 0 Å². The van der Waals surface area contributed by atoms with E-state index in [1.807, 2.05) is 24.3 Å². The molecule has 1 N–H and O–H groups in total. The maximum atomic E-state index is 12.5. The summed E-state index contributed by atoms with van der Waals surface area (Å²) in [6.07, 6.45) is 4.67. The average molecular weight is 302 g/mol. The molecule has 2 atom stereocenters. The van der Waals surface area contributed by atoms with Gasteiger partial charge in [-0.25, -0.2) is 0 Å². The molecule has 4 fully saturated rings. The van der Waals surface area contributed by atoms with Crippen LogP contribution >= 0.6 is 11.8 Å². The first-order chi connectivity index (χ1) is 10.2. The topological polar surface area (TPSA) is 32.3 Å². The lowest BCUT2D eigenvalue weighted by molar-refractivity contribution is -0.0418. The molecule has 112 valence electrons. The van der Waals surface area contributed by atoms with Gasteiger partial charge in [0, 0.05) is 36.1 Å². The first-order valence-electron chi connectivity index (χ1n) is 7.90. The molecule has 0 radical (unpaired) electrons. The fourth-order valence-corrected chi connectivity index (χ4v) is 5.03. The van der Waals surface area contributed by atoms with Gasteiger partial charge in [-0.15, -0.1) is 11.8 Å². The van der Waals surface area contributed by atoms with Crippen LogP contribution < -0.4 is 5.32 Å². The number of hydrogen-bond acceptors (Lipinski definition) is 3. The number of hydrogen-bond donors (Lipinski definition) is 1. The molecule has 0 aromatic heterocycles. The van der Waals surface area contributed by atoms with Crippen molar-refractivity contribution < 1.29 is 4.79 Å². The summed E-state index contributed by atoms with van der Waals surface area (Å²) in [6, 6.07) is 8.34. The van der Waals surface area contributed by atoms with Gasteiger partial charge in [-0.05, 0) is 61.1 Å². The molecule has 1 aliphatic carbocycles. The van der Waals surface area contributed by atoms with Crippen molar-refractivity contribution in [2.45, 2.75) is 23.8 Å². The van der Waals surface area contributed by atoms with E-state index in [2.05, 4.69) is 16.5 Å². The third kappa shape index (κ3) is 2.49. The van der Waals surface area contributed by atoms with Crippen molar-refractivity contribution in [2.24, 2.45) is 17.8 Å². The van der Waals surface area contributed by atoms with Crippen LogP contribution in [0.2, 0.25) is 0 Å². The molecule has 3 aliphatic heterocycles. The molecule has 3 nitrogen and oxygen atoms in total. The molecule has 4 aliphatic rings. The van der Waals surface area contributed by atoms with Crippen molar-refractivity contribution in [3.05, 3.63) is 29.8 Å². The fraction of sp³-hybridized carbons (Fsp3) is 0.588. The monoisotopic (exact) mass is 302 g/mol. The minimum absolute atomic E-state index is 0.107. The van der Waals surface area contributed by atoms with E-state index in [4.69, 9.17) is 0 Å². The zero-order valence-corrected chi connectivity index (χ0v) is 13.2. The SMILES string of the molecule is CSc1ccc(C(=O)NC2[C@H]3CC4C[C@H]2CN(C4)C3)cc1. The molecular weight excluding hydrogens is 280 g/mol. The Morgan fingerprint density at radius 3 is 2.38 bits per heavy atom. The van der Waals surface area contributed by atoms with E-state index in [9.17, 15) is 4.79 Å². The molecule has 3 saturated heterocycles. The Morgan fingerprint density at radius 2 is 1.81 bits per heavy atom. The van der Waals surface area contributed by atoms with E-state index in [1.165, 1.54) is 37.4 Å². The zero-order valence-electron chi connectivity index (χ0n) is 12.4. The first kappa shape index (κ1) is 13.6. The quantitative estimate of drug-likeness (QED) is 0.871. The molecule has 21 heavy (non-hydrogen) atoms. The summed E-state index contributed by atoms with van der Waals surface area (Å²) in [7, 11) is 0. The second kappa shape index (κ2) is 5.33. The molecule has 1 aromatic carbocycles. The number of rotatable bonds is 3. The maximum Gasteiger partial charge on any atom is 0.251 e. The molecule has 0 unspecified atom stereocenters. The molecule has 4 heteroatoms. The highest BCUT2D eigenvalue weighted by atomic mass is 32.2. The molecule has 1 aromatic rings. The van der Waals surface area contributed by atoms with Crippen LogP contribution in [0.4, 0.5) is 0 Å². The number of piperidine rings is 3. The molecule has 0 spiro atoms. The minimum Gasteiger partial charge on any atom is -0.349 e. The zero-order chi connectivity index (χ0) is 14.4. The van der Waals surface area contributed by atoms with Gasteiger partial charge in [0.1, 0.15) is 0 Å². The second-order valence-electron chi connectivity index (χ2n) is 6.80. The van der Waals surface area contributed by atoms with Crippen LogP contribution in [0.15, 0.2) is 29.2 Å². The van der Waals surface area contributed by atoms with Gasteiger partial charge in [-0.1, -0.05) is 0 Å². The number of thioether (sulfide) groups is 1. The van der Waals surface area contributed by atoms with Gasteiger partial charge in [0.25, 0.3) is 5.91 Å². The largest absolute Gasteiger partial charge is 0.349 e. The van der Waals surface area contributed by atoms with E-state index in [0.29, 0.717) is 17.9 Å². The van der Waals surface area contributed by atoms with Crippen molar-refractivity contribution in [2.75, 3.05) is 25.9 Å². The number of carbonyl (C=O) groups excluding carboxylic acids is 1. The Morgan fingerprint density at radius 1 is 1.14 bits per heavy atom. The molecule has 4 bridgehead atoms. The predicted molar refractivity (Wildman–Crippen MR) is 85.6 cm³/mol. The van der Waals surface area contributed by atoms with E-state index in [1.54, 1.807) is 11.8 Å². The van der Waals surface area contributed by atoms with Gasteiger partial charge in [0.2, 0.25) is 0 Å². The van der Waals surface area contributed by atoms with Gasteiger partial charge >= 0.3 is 0 Å². The lowest BCUT2D eigenvalue weighted by Gasteiger charge is -2.55. The summed E-state index contributed by atoms with van der Waals surface area (Å²) in [6.45, 7) is 3.66. The summed E-state index contributed by atoms with van der Waals surface area (Å²) < 4.78 is 0. The van der Waals surface area contributed by atoms with Crippen molar-refractivity contribution in [1.29, 1.82) is 0 Å². The van der Waals surface area contributed by atoms with Gasteiger partial charge in [-0.3, -0.25) is 4.79 Å². The van der Waals surface area contributed by atoms with Gasteiger partial charge in [0.15, 0.2) is 0 Å². The summed E-state index contributed by atoms with van der Waals surface area (Å²) in [5.41, 5.74) is 0.793. The Kier molecular flexibility index (Phi) is 3.46. The third-order valence-electron chi connectivity index (χ3n) is 5.44. The summed E-state index contributed by atoms with van der Waals surface area (Å²) in [4.78, 5) is 16.3. The van der Waals surface area contributed by atoms with Crippen molar-refractivity contribution >= 4 is 17.7 Å². The van der Waals surface area contributed by atoms with Gasteiger partial charge in [0.05, 0.1) is 0 Å². The predicted octanol–water partition coefficient (Wildman–Crippen LogP) is 2.48. The Labute approximate surface area is 130 Å². The number of nitrogens with one attached hydrogen (secondary N) is 1. The summed E-state index contributed by atoms with van der Waals surface area (Å²) >= 11 is 1.71. The summed E-state index contributed by atoms with van der Waals surface area (Å²) in [5.74, 6) is 2.34. The van der Waals surface area contributed by atoms with Gasteiger partial charge < -0.3 is 10.2 Å². The Balaban J connectivity index is 1.46. The number of carbonyl (C=O) groups is 1.